The van der Waals surface area contributed by atoms with E-state index in [-0.39, 0.29) is 0 Å². The van der Waals surface area contributed by atoms with Crippen LogP contribution in [0.5, 0.6) is 0 Å². The highest BCUT2D eigenvalue weighted by atomic mass is 32.1. The Hall–Kier alpha value is -0.840. The smallest absolute Gasteiger partial charge is 0.239 e. The van der Waals surface area contributed by atoms with Crippen molar-refractivity contribution in [3.63, 3.8) is 0 Å². The third-order valence-electron chi connectivity index (χ3n) is 1.79. The molecule has 0 fully saturated rings. The Morgan fingerprint density at radius 3 is 2.54 bits per heavy atom. The molecule has 1 rings (SSSR count). The van der Waals surface area contributed by atoms with Crippen LogP contribution in [0, 0.1) is 0 Å². The van der Waals surface area contributed by atoms with Crippen molar-refractivity contribution in [1.82, 2.24) is 9.36 Å². The first-order valence-corrected chi connectivity index (χ1v) is 5.41. The predicted octanol–water partition coefficient (Wildman–Crippen LogP) is 1.82. The molecule has 5 heteroatoms. The van der Waals surface area contributed by atoms with Gasteiger partial charge in [-0.1, -0.05) is 0 Å². The number of nitrogens with one attached hydrogen (secondary N) is 1. The van der Waals surface area contributed by atoms with Crippen LogP contribution in [-0.2, 0) is 0 Å². The first-order valence-electron chi connectivity index (χ1n) is 4.64. The van der Waals surface area contributed by atoms with Crippen LogP contribution in [0.4, 0.5) is 11.1 Å². The zero-order valence-electron chi connectivity index (χ0n) is 8.37. The number of hydrogen-bond donors (Lipinski definition) is 1. The topological polar surface area (TPSA) is 41.1 Å². The number of anilines is 2. The van der Waals surface area contributed by atoms with Gasteiger partial charge in [-0.25, -0.2) is 0 Å². The maximum Gasteiger partial charge on any atom is 0.239 e. The van der Waals surface area contributed by atoms with E-state index in [9.17, 15) is 0 Å². The van der Waals surface area contributed by atoms with Crippen LogP contribution >= 0.6 is 11.5 Å². The van der Waals surface area contributed by atoms with Crippen LogP contribution in [0.3, 0.4) is 0 Å². The number of rotatable bonds is 5. The lowest BCUT2D eigenvalue weighted by atomic mass is 10.5. The molecule has 0 atom stereocenters. The lowest BCUT2D eigenvalue weighted by molar-refractivity contribution is 0.835. The third-order valence-corrected chi connectivity index (χ3v) is 2.45. The molecule has 0 aliphatic heterocycles. The van der Waals surface area contributed by atoms with Crippen LogP contribution in [-0.4, -0.2) is 29.0 Å². The molecule has 1 aromatic heterocycles. The quantitative estimate of drug-likeness (QED) is 0.787. The standard InChI is InChI=1S/C8H16N4S/c1-4-9-8-10-7(11-13-8)12(5-2)6-3/h4-6H2,1-3H3,(H,9,10,11). The summed E-state index contributed by atoms with van der Waals surface area (Å²) < 4.78 is 4.27. The van der Waals surface area contributed by atoms with Crippen molar-refractivity contribution >= 4 is 22.6 Å². The Morgan fingerprint density at radius 1 is 1.31 bits per heavy atom. The van der Waals surface area contributed by atoms with Crippen molar-refractivity contribution in [2.75, 3.05) is 29.9 Å². The summed E-state index contributed by atoms with van der Waals surface area (Å²) in [5, 5.41) is 4.06. The minimum atomic E-state index is 0.839. The molecule has 0 aliphatic rings. The first-order chi connectivity index (χ1) is 6.31. The van der Waals surface area contributed by atoms with Gasteiger partial charge in [0.05, 0.1) is 0 Å². The van der Waals surface area contributed by atoms with E-state index in [4.69, 9.17) is 0 Å². The summed E-state index contributed by atoms with van der Waals surface area (Å²) >= 11 is 1.42. The number of aromatic nitrogens is 2. The van der Waals surface area contributed by atoms with Gasteiger partial charge in [-0.15, -0.1) is 0 Å². The van der Waals surface area contributed by atoms with E-state index in [1.54, 1.807) is 0 Å². The van der Waals surface area contributed by atoms with Gasteiger partial charge in [0.2, 0.25) is 11.1 Å². The van der Waals surface area contributed by atoms with Crippen LogP contribution in [0.25, 0.3) is 0 Å². The summed E-state index contributed by atoms with van der Waals surface area (Å²) in [7, 11) is 0. The summed E-state index contributed by atoms with van der Waals surface area (Å²) in [6, 6.07) is 0. The molecule has 74 valence electrons. The van der Waals surface area contributed by atoms with Crippen LogP contribution in [0.1, 0.15) is 20.8 Å². The first kappa shape index (κ1) is 10.2. The third kappa shape index (κ3) is 2.55. The molecule has 0 aromatic carbocycles. The summed E-state index contributed by atoms with van der Waals surface area (Å²) in [4.78, 5) is 6.50. The molecule has 0 amide bonds. The molecule has 13 heavy (non-hydrogen) atoms. The number of nitrogens with zero attached hydrogens (tertiary/aromatic N) is 3. The lowest BCUT2D eigenvalue weighted by Gasteiger charge is -2.15. The Balaban J connectivity index is 2.66. The molecule has 0 spiro atoms. The molecule has 0 aliphatic carbocycles. The molecule has 0 unspecified atom stereocenters. The highest BCUT2D eigenvalue weighted by Gasteiger charge is 2.07. The fraction of sp³-hybridized carbons (Fsp3) is 0.750. The minimum absolute atomic E-state index is 0.839. The van der Waals surface area contributed by atoms with Gasteiger partial charge in [0.25, 0.3) is 0 Å². The van der Waals surface area contributed by atoms with Crippen molar-refractivity contribution in [1.29, 1.82) is 0 Å². The fourth-order valence-electron chi connectivity index (χ4n) is 1.07. The van der Waals surface area contributed by atoms with Gasteiger partial charge in [0.15, 0.2) is 0 Å². The van der Waals surface area contributed by atoms with Gasteiger partial charge in [-0.3, -0.25) is 0 Å². The van der Waals surface area contributed by atoms with Crippen LogP contribution in [0.15, 0.2) is 0 Å². The average molecular weight is 200 g/mol. The Kier molecular flexibility index (Phi) is 3.95. The van der Waals surface area contributed by atoms with E-state index in [1.165, 1.54) is 11.5 Å². The number of hydrogen-bond acceptors (Lipinski definition) is 5. The maximum atomic E-state index is 4.36. The Bertz CT molecular complexity index is 244. The normalized spacial score (nSPS) is 10.1. The Labute approximate surface area is 83.2 Å². The second kappa shape index (κ2) is 5.01. The molecule has 1 aromatic rings. The van der Waals surface area contributed by atoms with E-state index >= 15 is 0 Å². The molecule has 0 radical (unpaired) electrons. The zero-order valence-corrected chi connectivity index (χ0v) is 9.19. The maximum absolute atomic E-state index is 4.36. The molecule has 4 nitrogen and oxygen atoms in total. The molecule has 0 saturated carbocycles. The van der Waals surface area contributed by atoms with E-state index < -0.39 is 0 Å². The molecule has 1 heterocycles. The SMILES string of the molecule is CCNc1nc(N(CC)CC)ns1. The van der Waals surface area contributed by atoms with Crippen LogP contribution < -0.4 is 10.2 Å². The highest BCUT2D eigenvalue weighted by molar-refractivity contribution is 7.09. The molecule has 0 bridgehead atoms. The van der Waals surface area contributed by atoms with Crippen molar-refractivity contribution in [2.45, 2.75) is 20.8 Å². The second-order valence-corrected chi connectivity index (χ2v) is 3.35. The monoisotopic (exact) mass is 200 g/mol. The van der Waals surface area contributed by atoms with Crippen LogP contribution in [0.2, 0.25) is 0 Å². The van der Waals surface area contributed by atoms with Gasteiger partial charge in [-0.05, 0) is 20.8 Å². The van der Waals surface area contributed by atoms with E-state index in [0.717, 1.165) is 30.7 Å². The van der Waals surface area contributed by atoms with Crippen molar-refractivity contribution in [3.05, 3.63) is 0 Å². The fourth-order valence-corrected chi connectivity index (χ4v) is 1.73. The summed E-state index contributed by atoms with van der Waals surface area (Å²) in [5.41, 5.74) is 0. The summed E-state index contributed by atoms with van der Waals surface area (Å²) in [5.74, 6) is 0.839. The second-order valence-electron chi connectivity index (χ2n) is 2.60. The van der Waals surface area contributed by atoms with Crippen molar-refractivity contribution < 1.29 is 0 Å². The van der Waals surface area contributed by atoms with Gasteiger partial charge < -0.3 is 10.2 Å². The van der Waals surface area contributed by atoms with Crippen molar-refractivity contribution in [3.8, 4) is 0 Å². The van der Waals surface area contributed by atoms with Gasteiger partial charge >= 0.3 is 0 Å². The van der Waals surface area contributed by atoms with Gasteiger partial charge in [0.1, 0.15) is 0 Å². The zero-order chi connectivity index (χ0) is 9.68. The molecular formula is C8H16N4S. The van der Waals surface area contributed by atoms with Gasteiger partial charge in [0, 0.05) is 31.2 Å². The van der Waals surface area contributed by atoms with E-state index in [2.05, 4.69) is 40.3 Å². The summed E-state index contributed by atoms with van der Waals surface area (Å²) in [6.07, 6.45) is 0. The predicted molar refractivity (Wildman–Crippen MR) is 57.6 cm³/mol. The van der Waals surface area contributed by atoms with E-state index in [0.29, 0.717) is 0 Å². The van der Waals surface area contributed by atoms with E-state index in [1.807, 2.05) is 0 Å². The molecular weight excluding hydrogens is 184 g/mol. The highest BCUT2D eigenvalue weighted by Crippen LogP contribution is 2.16. The van der Waals surface area contributed by atoms with Crippen molar-refractivity contribution in [2.24, 2.45) is 0 Å². The van der Waals surface area contributed by atoms with Gasteiger partial charge in [-0.2, -0.15) is 9.36 Å². The molecule has 1 N–H and O–H groups in total. The Morgan fingerprint density at radius 2 is 2.00 bits per heavy atom. The summed E-state index contributed by atoms with van der Waals surface area (Å²) in [6.45, 7) is 9.08. The lowest BCUT2D eigenvalue weighted by Crippen LogP contribution is -2.22. The largest absolute Gasteiger partial charge is 0.361 e. The minimum Gasteiger partial charge on any atom is -0.361 e. The molecule has 0 saturated heterocycles. The average Bonchev–Trinajstić information content (AvgIpc) is 2.56.